The lowest BCUT2D eigenvalue weighted by Gasteiger charge is -2.26. The van der Waals surface area contributed by atoms with Crippen LogP contribution in [0.3, 0.4) is 0 Å². The summed E-state index contributed by atoms with van der Waals surface area (Å²) in [5.74, 6) is -0.0208. The first-order chi connectivity index (χ1) is 9.61. The molecule has 1 aromatic carbocycles. The Bertz CT molecular complexity index is 464. The summed E-state index contributed by atoms with van der Waals surface area (Å²) in [5, 5.41) is 2.93. The number of nitrogens with zero attached hydrogens (tertiary/aromatic N) is 1. The predicted octanol–water partition coefficient (Wildman–Crippen LogP) is 1.19. The van der Waals surface area contributed by atoms with Crippen LogP contribution in [0.4, 0.5) is 5.69 Å². The van der Waals surface area contributed by atoms with Gasteiger partial charge in [-0.1, -0.05) is 18.2 Å². The Morgan fingerprint density at radius 3 is 2.90 bits per heavy atom. The van der Waals surface area contributed by atoms with E-state index in [0.29, 0.717) is 19.1 Å². The van der Waals surface area contributed by atoms with E-state index in [1.807, 2.05) is 31.3 Å². The van der Waals surface area contributed by atoms with Gasteiger partial charge in [-0.2, -0.15) is 0 Å². The molecule has 5 heteroatoms. The number of amides is 1. The Kier molecular flexibility index (Phi) is 5.11. The minimum atomic E-state index is -0.0208. The normalized spacial score (nSPS) is 22.2. The van der Waals surface area contributed by atoms with E-state index in [1.54, 1.807) is 0 Å². The molecule has 1 aliphatic rings. The van der Waals surface area contributed by atoms with E-state index >= 15 is 0 Å². The van der Waals surface area contributed by atoms with Crippen LogP contribution in [-0.4, -0.2) is 43.2 Å². The lowest BCUT2D eigenvalue weighted by atomic mass is 10.1. The number of nitrogens with two attached hydrogens (primary N) is 1. The molecule has 0 saturated carbocycles. The zero-order valence-corrected chi connectivity index (χ0v) is 12.1. The summed E-state index contributed by atoms with van der Waals surface area (Å²) in [5.41, 5.74) is 7.41. The molecule has 20 heavy (non-hydrogen) atoms. The van der Waals surface area contributed by atoms with Crippen molar-refractivity contribution in [3.05, 3.63) is 29.8 Å². The molecule has 2 rings (SSSR count). The van der Waals surface area contributed by atoms with Crippen molar-refractivity contribution < 1.29 is 9.53 Å². The van der Waals surface area contributed by atoms with Gasteiger partial charge in [0.25, 0.3) is 0 Å². The number of carbonyl (C=O) groups is 1. The van der Waals surface area contributed by atoms with Crippen LogP contribution < -0.4 is 11.1 Å². The number of anilines is 1. The molecule has 3 N–H and O–H groups in total. The molecule has 0 aliphatic carbocycles. The van der Waals surface area contributed by atoms with E-state index in [4.69, 9.17) is 10.5 Å². The molecule has 2 unspecified atom stereocenters. The lowest BCUT2D eigenvalue weighted by molar-refractivity contribution is -0.117. The van der Waals surface area contributed by atoms with Gasteiger partial charge in [0.15, 0.2) is 0 Å². The summed E-state index contributed by atoms with van der Waals surface area (Å²) in [4.78, 5) is 14.2. The van der Waals surface area contributed by atoms with Crippen LogP contribution >= 0.6 is 0 Å². The molecule has 1 aliphatic heterocycles. The van der Waals surface area contributed by atoms with Crippen LogP contribution in [0.5, 0.6) is 0 Å². The molecule has 1 fully saturated rings. The van der Waals surface area contributed by atoms with Crippen molar-refractivity contribution in [1.29, 1.82) is 0 Å². The van der Waals surface area contributed by atoms with E-state index < -0.39 is 0 Å². The molecule has 0 bridgehead atoms. The van der Waals surface area contributed by atoms with Crippen LogP contribution in [0.25, 0.3) is 0 Å². The second kappa shape index (κ2) is 6.83. The molecule has 1 aromatic rings. The largest absolute Gasteiger partial charge is 0.377 e. The molecule has 0 spiro atoms. The summed E-state index contributed by atoms with van der Waals surface area (Å²) in [6.45, 7) is 3.60. The van der Waals surface area contributed by atoms with Crippen molar-refractivity contribution in [3.63, 3.8) is 0 Å². The van der Waals surface area contributed by atoms with Gasteiger partial charge in [0.2, 0.25) is 5.91 Å². The number of para-hydroxylation sites is 1. The molecular weight excluding hydrogens is 254 g/mol. The second-order valence-corrected chi connectivity index (χ2v) is 5.26. The first-order valence-corrected chi connectivity index (χ1v) is 7.01. The number of ether oxygens (including phenoxy) is 1. The molecule has 110 valence electrons. The van der Waals surface area contributed by atoms with Gasteiger partial charge in [-0.15, -0.1) is 0 Å². The molecular formula is C15H23N3O2. The molecule has 2 atom stereocenters. The number of rotatable bonds is 5. The quantitative estimate of drug-likeness (QED) is 0.848. The number of benzene rings is 1. The zero-order chi connectivity index (χ0) is 14.5. The highest BCUT2D eigenvalue weighted by molar-refractivity contribution is 5.93. The molecule has 1 heterocycles. The predicted molar refractivity (Wildman–Crippen MR) is 79.4 cm³/mol. The topological polar surface area (TPSA) is 67.6 Å². The second-order valence-electron chi connectivity index (χ2n) is 5.26. The highest BCUT2D eigenvalue weighted by atomic mass is 16.5. The summed E-state index contributed by atoms with van der Waals surface area (Å²) >= 11 is 0. The number of carbonyl (C=O) groups excluding carboxylic acids is 1. The van der Waals surface area contributed by atoms with E-state index in [1.165, 1.54) is 0 Å². The van der Waals surface area contributed by atoms with Gasteiger partial charge in [-0.25, -0.2) is 0 Å². The van der Waals surface area contributed by atoms with E-state index in [0.717, 1.165) is 24.3 Å². The average molecular weight is 277 g/mol. The van der Waals surface area contributed by atoms with Crippen LogP contribution in [-0.2, 0) is 16.1 Å². The van der Waals surface area contributed by atoms with Crippen LogP contribution in [0.15, 0.2) is 24.3 Å². The van der Waals surface area contributed by atoms with Gasteiger partial charge in [0.1, 0.15) is 0 Å². The van der Waals surface area contributed by atoms with Gasteiger partial charge in [0.05, 0.1) is 12.6 Å². The number of hydrogen-bond acceptors (Lipinski definition) is 4. The molecule has 0 aromatic heterocycles. The lowest BCUT2D eigenvalue weighted by Crippen LogP contribution is -2.41. The molecule has 1 amide bonds. The minimum absolute atomic E-state index is 0.0208. The number of likely N-dealkylation sites (N-methyl/N-ethyl adjacent to an activating group) is 1. The molecule has 1 saturated heterocycles. The van der Waals surface area contributed by atoms with Gasteiger partial charge in [-0.05, 0) is 32.0 Å². The fraction of sp³-hybridized carbons (Fsp3) is 0.533. The van der Waals surface area contributed by atoms with Crippen LogP contribution in [0.2, 0.25) is 0 Å². The first kappa shape index (κ1) is 15.0. The third-order valence-corrected chi connectivity index (χ3v) is 3.81. The minimum Gasteiger partial charge on any atom is -0.377 e. The van der Waals surface area contributed by atoms with Crippen molar-refractivity contribution in [2.24, 2.45) is 5.73 Å². The van der Waals surface area contributed by atoms with Gasteiger partial charge < -0.3 is 15.8 Å². The average Bonchev–Trinajstić information content (AvgIpc) is 2.85. The third-order valence-electron chi connectivity index (χ3n) is 3.81. The molecule has 0 radical (unpaired) electrons. The summed E-state index contributed by atoms with van der Waals surface area (Å²) in [6, 6.07) is 7.92. The summed E-state index contributed by atoms with van der Waals surface area (Å²) < 4.78 is 5.53. The fourth-order valence-electron chi connectivity index (χ4n) is 2.65. The zero-order valence-electron chi connectivity index (χ0n) is 12.1. The van der Waals surface area contributed by atoms with Gasteiger partial charge in [0, 0.05) is 24.9 Å². The first-order valence-electron chi connectivity index (χ1n) is 7.01. The van der Waals surface area contributed by atoms with E-state index in [-0.39, 0.29) is 12.0 Å². The van der Waals surface area contributed by atoms with Gasteiger partial charge in [-0.3, -0.25) is 9.69 Å². The van der Waals surface area contributed by atoms with Crippen molar-refractivity contribution in [3.8, 4) is 0 Å². The van der Waals surface area contributed by atoms with Crippen molar-refractivity contribution >= 4 is 11.6 Å². The third kappa shape index (κ3) is 3.56. The SMILES string of the molecule is CC1OCCC1N(C)CC(=O)Nc1ccccc1CN. The highest BCUT2D eigenvalue weighted by Gasteiger charge is 2.28. The Morgan fingerprint density at radius 1 is 1.50 bits per heavy atom. The summed E-state index contributed by atoms with van der Waals surface area (Å²) in [6.07, 6.45) is 1.16. The number of nitrogens with one attached hydrogen (secondary N) is 1. The maximum Gasteiger partial charge on any atom is 0.238 e. The Labute approximate surface area is 120 Å². The van der Waals surface area contributed by atoms with Crippen LogP contribution in [0, 0.1) is 0 Å². The highest BCUT2D eigenvalue weighted by Crippen LogP contribution is 2.18. The maximum atomic E-state index is 12.1. The van der Waals surface area contributed by atoms with E-state index in [2.05, 4.69) is 17.1 Å². The van der Waals surface area contributed by atoms with Crippen molar-refractivity contribution in [1.82, 2.24) is 4.90 Å². The van der Waals surface area contributed by atoms with Crippen LogP contribution in [0.1, 0.15) is 18.9 Å². The Morgan fingerprint density at radius 2 is 2.25 bits per heavy atom. The fourth-order valence-corrected chi connectivity index (χ4v) is 2.65. The molecule has 5 nitrogen and oxygen atoms in total. The Balaban J connectivity index is 1.92. The van der Waals surface area contributed by atoms with E-state index in [9.17, 15) is 4.79 Å². The number of hydrogen-bond donors (Lipinski definition) is 2. The standard InChI is InChI=1S/C15H23N3O2/c1-11-14(7-8-20-11)18(2)10-15(19)17-13-6-4-3-5-12(13)9-16/h3-6,11,14H,7-10,16H2,1-2H3,(H,17,19). The summed E-state index contributed by atoms with van der Waals surface area (Å²) in [7, 11) is 1.96. The maximum absolute atomic E-state index is 12.1. The van der Waals surface area contributed by atoms with Gasteiger partial charge >= 0.3 is 0 Å². The Hall–Kier alpha value is -1.43. The van der Waals surface area contributed by atoms with Crippen molar-refractivity contribution in [2.45, 2.75) is 32.0 Å². The smallest absolute Gasteiger partial charge is 0.238 e. The van der Waals surface area contributed by atoms with Crippen molar-refractivity contribution in [2.75, 3.05) is 25.5 Å². The monoisotopic (exact) mass is 277 g/mol.